The van der Waals surface area contributed by atoms with Crippen LogP contribution in [0.5, 0.6) is 0 Å². The molecule has 0 atom stereocenters. The summed E-state index contributed by atoms with van der Waals surface area (Å²) < 4.78 is 44.3. The van der Waals surface area contributed by atoms with Gasteiger partial charge in [0.15, 0.2) is 0 Å². The second-order valence-corrected chi connectivity index (χ2v) is 8.07. The Morgan fingerprint density at radius 2 is 1.68 bits per heavy atom. The zero-order valence-corrected chi connectivity index (χ0v) is 16.4. The van der Waals surface area contributed by atoms with Crippen molar-refractivity contribution in [3.63, 3.8) is 0 Å². The number of halogens is 3. The zero-order valence-electron chi connectivity index (χ0n) is 16.4. The molecule has 1 aromatic carbocycles. The van der Waals surface area contributed by atoms with E-state index >= 15 is 0 Å². The molecule has 0 spiro atoms. The Balaban J connectivity index is 1.81. The van der Waals surface area contributed by atoms with E-state index in [0.717, 1.165) is 6.07 Å². The number of ether oxygens (including phenoxy) is 1. The van der Waals surface area contributed by atoms with E-state index in [1.54, 1.807) is 20.8 Å². The number of hydrogen-bond acceptors (Lipinski definition) is 3. The average Bonchev–Trinajstić information content (AvgIpc) is 2.58. The van der Waals surface area contributed by atoms with Gasteiger partial charge in [0, 0.05) is 18.5 Å². The fraction of sp³-hybridized carbons (Fsp3) is 0.600. The quantitative estimate of drug-likeness (QED) is 0.787. The summed E-state index contributed by atoms with van der Waals surface area (Å²) in [7, 11) is 0. The van der Waals surface area contributed by atoms with Gasteiger partial charge in [0.05, 0.1) is 5.56 Å². The van der Waals surface area contributed by atoms with Gasteiger partial charge in [0.25, 0.3) is 0 Å². The topological polar surface area (TPSA) is 67.4 Å². The molecule has 2 rings (SSSR count). The first-order valence-corrected chi connectivity index (χ1v) is 9.38. The van der Waals surface area contributed by atoms with Crippen molar-refractivity contribution >= 4 is 12.0 Å². The van der Waals surface area contributed by atoms with Crippen molar-refractivity contribution in [2.75, 3.05) is 0 Å². The lowest BCUT2D eigenvalue weighted by Crippen LogP contribution is -2.42. The van der Waals surface area contributed by atoms with Crippen molar-refractivity contribution in [3.05, 3.63) is 35.4 Å². The highest BCUT2D eigenvalue weighted by atomic mass is 19.4. The summed E-state index contributed by atoms with van der Waals surface area (Å²) in [5.74, 6) is -0.526. The molecule has 1 fully saturated rings. The summed E-state index contributed by atoms with van der Waals surface area (Å²) in [6.07, 6.45) is -2.57. The Bertz CT molecular complexity index is 691. The number of alkyl halides is 3. The molecule has 8 heteroatoms. The van der Waals surface area contributed by atoms with E-state index < -0.39 is 23.4 Å². The van der Waals surface area contributed by atoms with Gasteiger partial charge in [-0.05, 0) is 58.1 Å². The van der Waals surface area contributed by atoms with Gasteiger partial charge in [-0.15, -0.1) is 0 Å². The van der Waals surface area contributed by atoms with E-state index in [-0.39, 0.29) is 30.0 Å². The number of amides is 2. The maximum absolute atomic E-state index is 13.0. The van der Waals surface area contributed by atoms with Crippen LogP contribution in [0.25, 0.3) is 0 Å². The summed E-state index contributed by atoms with van der Waals surface area (Å²) in [6, 6.07) is 5.15. The van der Waals surface area contributed by atoms with E-state index in [1.165, 1.54) is 18.2 Å². The highest BCUT2D eigenvalue weighted by Crippen LogP contribution is 2.32. The number of carbonyl (C=O) groups excluding carboxylic acids is 2. The van der Waals surface area contributed by atoms with Gasteiger partial charge in [-0.1, -0.05) is 18.2 Å². The summed E-state index contributed by atoms with van der Waals surface area (Å²) in [5.41, 5.74) is -1.27. The first-order chi connectivity index (χ1) is 13.0. The van der Waals surface area contributed by atoms with Crippen molar-refractivity contribution < 1.29 is 27.5 Å². The maximum atomic E-state index is 13.0. The van der Waals surface area contributed by atoms with Crippen LogP contribution in [0.3, 0.4) is 0 Å². The molecule has 0 unspecified atom stereocenters. The van der Waals surface area contributed by atoms with Crippen LogP contribution in [0.1, 0.15) is 57.6 Å². The lowest BCUT2D eigenvalue weighted by molar-refractivity contribution is -0.138. The molecule has 0 radical (unpaired) electrons. The molecule has 2 N–H and O–H groups in total. The molecule has 2 amide bonds. The minimum absolute atomic E-state index is 0.0450. The van der Waals surface area contributed by atoms with Crippen LogP contribution >= 0.6 is 0 Å². The predicted octanol–water partition coefficient (Wildman–Crippen LogP) is 4.41. The number of nitrogens with one attached hydrogen (secondary N) is 2. The Labute approximate surface area is 163 Å². The van der Waals surface area contributed by atoms with Gasteiger partial charge < -0.3 is 15.4 Å². The maximum Gasteiger partial charge on any atom is 0.416 e. The first kappa shape index (κ1) is 22.0. The van der Waals surface area contributed by atoms with Crippen LogP contribution in [0, 0.1) is 5.92 Å². The molecule has 1 saturated carbocycles. The summed E-state index contributed by atoms with van der Waals surface area (Å²) >= 11 is 0. The second-order valence-electron chi connectivity index (χ2n) is 8.07. The van der Waals surface area contributed by atoms with E-state index in [1.807, 2.05) is 0 Å². The molecular formula is C20H27F3N2O3. The Morgan fingerprint density at radius 1 is 1.07 bits per heavy atom. The monoisotopic (exact) mass is 400 g/mol. The summed E-state index contributed by atoms with van der Waals surface area (Å²) in [4.78, 5) is 24.2. The van der Waals surface area contributed by atoms with Gasteiger partial charge >= 0.3 is 12.3 Å². The average molecular weight is 400 g/mol. The summed E-state index contributed by atoms with van der Waals surface area (Å²) in [5, 5.41) is 5.42. The van der Waals surface area contributed by atoms with Crippen molar-refractivity contribution in [1.29, 1.82) is 0 Å². The van der Waals surface area contributed by atoms with Crippen LogP contribution in [0.15, 0.2) is 24.3 Å². The lowest BCUT2D eigenvalue weighted by Gasteiger charge is -2.29. The van der Waals surface area contributed by atoms with E-state index in [9.17, 15) is 22.8 Å². The van der Waals surface area contributed by atoms with Crippen LogP contribution in [0.2, 0.25) is 0 Å². The van der Waals surface area contributed by atoms with E-state index in [0.29, 0.717) is 25.7 Å². The number of benzene rings is 1. The summed E-state index contributed by atoms with van der Waals surface area (Å²) in [6.45, 7) is 5.19. The third-order valence-electron chi connectivity index (χ3n) is 4.59. The second kappa shape index (κ2) is 8.84. The van der Waals surface area contributed by atoms with Crippen molar-refractivity contribution in [1.82, 2.24) is 10.6 Å². The fourth-order valence-corrected chi connectivity index (χ4v) is 3.25. The minimum atomic E-state index is -4.45. The standard InChI is InChI=1S/C20H27F3N2O3/c1-19(2,3)28-18(27)25-15-10-8-13(9-11-15)17(26)24-12-14-6-4-5-7-16(14)20(21,22)23/h4-7,13,15H,8-12H2,1-3H3,(H,24,26)(H,25,27). The third-order valence-corrected chi connectivity index (χ3v) is 4.59. The number of alkyl carbamates (subject to hydrolysis) is 1. The number of hydrogen-bond donors (Lipinski definition) is 2. The Morgan fingerprint density at radius 3 is 2.25 bits per heavy atom. The third kappa shape index (κ3) is 6.73. The van der Waals surface area contributed by atoms with Crippen LogP contribution < -0.4 is 10.6 Å². The molecule has 156 valence electrons. The minimum Gasteiger partial charge on any atom is -0.444 e. The molecule has 1 aliphatic rings. The molecule has 1 aliphatic carbocycles. The molecule has 28 heavy (non-hydrogen) atoms. The van der Waals surface area contributed by atoms with Gasteiger partial charge in [0.2, 0.25) is 5.91 Å². The lowest BCUT2D eigenvalue weighted by atomic mass is 9.85. The number of rotatable bonds is 4. The molecule has 0 aromatic heterocycles. The normalized spacial score (nSPS) is 20.4. The van der Waals surface area contributed by atoms with Crippen molar-refractivity contribution in [2.24, 2.45) is 5.92 Å². The predicted molar refractivity (Wildman–Crippen MR) is 98.4 cm³/mol. The highest BCUT2D eigenvalue weighted by molar-refractivity contribution is 5.78. The van der Waals surface area contributed by atoms with Gasteiger partial charge in [-0.3, -0.25) is 4.79 Å². The molecule has 0 saturated heterocycles. The van der Waals surface area contributed by atoms with E-state index in [2.05, 4.69) is 10.6 Å². The van der Waals surface area contributed by atoms with E-state index in [4.69, 9.17) is 4.74 Å². The van der Waals surface area contributed by atoms with Gasteiger partial charge in [0.1, 0.15) is 5.60 Å². The van der Waals surface area contributed by atoms with Crippen LogP contribution in [0.4, 0.5) is 18.0 Å². The fourth-order valence-electron chi connectivity index (χ4n) is 3.25. The van der Waals surface area contributed by atoms with Crippen LogP contribution in [-0.4, -0.2) is 23.6 Å². The first-order valence-electron chi connectivity index (χ1n) is 9.38. The molecule has 0 heterocycles. The van der Waals surface area contributed by atoms with Crippen molar-refractivity contribution in [3.8, 4) is 0 Å². The van der Waals surface area contributed by atoms with Gasteiger partial charge in [-0.2, -0.15) is 13.2 Å². The highest BCUT2D eigenvalue weighted by Gasteiger charge is 2.33. The zero-order chi connectivity index (χ0) is 20.9. The SMILES string of the molecule is CC(C)(C)OC(=O)NC1CCC(C(=O)NCc2ccccc2C(F)(F)F)CC1. The Kier molecular flexibility index (Phi) is 6.96. The Hall–Kier alpha value is -2.25. The molecule has 5 nitrogen and oxygen atoms in total. The van der Waals surface area contributed by atoms with Crippen molar-refractivity contribution in [2.45, 2.75) is 70.8 Å². The smallest absolute Gasteiger partial charge is 0.416 e. The van der Waals surface area contributed by atoms with Gasteiger partial charge in [-0.25, -0.2) is 4.79 Å². The largest absolute Gasteiger partial charge is 0.444 e. The number of carbonyl (C=O) groups is 2. The molecule has 0 aliphatic heterocycles. The molecule has 0 bridgehead atoms. The molecule has 1 aromatic rings. The molecular weight excluding hydrogens is 373 g/mol. The van der Waals surface area contributed by atoms with Crippen LogP contribution in [-0.2, 0) is 22.3 Å².